The zero-order valence-electron chi connectivity index (χ0n) is 14.6. The predicted molar refractivity (Wildman–Crippen MR) is 96.2 cm³/mol. The fraction of sp³-hybridized carbons (Fsp3) is 0.250. The molecule has 1 aliphatic rings. The third kappa shape index (κ3) is 2.67. The summed E-state index contributed by atoms with van der Waals surface area (Å²) in [6.45, 7) is 1.06. The van der Waals surface area contributed by atoms with Crippen LogP contribution in [0.1, 0.15) is 21.6 Å². The van der Waals surface area contributed by atoms with Crippen LogP contribution in [0.15, 0.2) is 36.4 Å². The number of carbonyl (C=O) groups excluding carboxylic acids is 1. The minimum absolute atomic E-state index is 0.0681. The Kier molecular flexibility index (Phi) is 4.03. The van der Waals surface area contributed by atoms with Crippen LogP contribution in [0.4, 0.5) is 4.39 Å². The second-order valence-electron chi connectivity index (χ2n) is 6.32. The van der Waals surface area contributed by atoms with E-state index in [4.69, 9.17) is 9.47 Å². The number of hydrogen-bond donors (Lipinski definition) is 1. The zero-order chi connectivity index (χ0) is 18.3. The smallest absolute Gasteiger partial charge is 0.254 e. The van der Waals surface area contributed by atoms with Gasteiger partial charge in [0.2, 0.25) is 0 Å². The van der Waals surface area contributed by atoms with Crippen molar-refractivity contribution in [2.24, 2.45) is 0 Å². The molecule has 0 saturated carbocycles. The quantitative estimate of drug-likeness (QED) is 0.783. The van der Waals surface area contributed by atoms with E-state index in [2.05, 4.69) is 4.98 Å². The molecule has 1 N–H and O–H groups in total. The van der Waals surface area contributed by atoms with Gasteiger partial charge in [0, 0.05) is 28.7 Å². The molecule has 1 aliphatic heterocycles. The van der Waals surface area contributed by atoms with Gasteiger partial charge in [-0.25, -0.2) is 4.39 Å². The number of fused-ring (bicyclic) bond motifs is 3. The highest BCUT2D eigenvalue weighted by molar-refractivity contribution is 5.95. The molecule has 0 bridgehead atoms. The topological polar surface area (TPSA) is 54.6 Å². The monoisotopic (exact) mass is 354 g/mol. The molecule has 0 aliphatic carbocycles. The Hall–Kier alpha value is -3.02. The number of halogens is 1. The minimum Gasteiger partial charge on any atom is -0.493 e. The Morgan fingerprint density at radius 3 is 2.69 bits per heavy atom. The van der Waals surface area contributed by atoms with E-state index in [-0.39, 0.29) is 11.7 Å². The van der Waals surface area contributed by atoms with Crippen LogP contribution in [-0.4, -0.2) is 36.6 Å². The molecule has 4 rings (SSSR count). The first-order chi connectivity index (χ1) is 12.6. The van der Waals surface area contributed by atoms with Gasteiger partial charge in [-0.1, -0.05) is 0 Å². The van der Waals surface area contributed by atoms with E-state index < -0.39 is 0 Å². The zero-order valence-corrected chi connectivity index (χ0v) is 14.6. The second-order valence-corrected chi connectivity index (χ2v) is 6.32. The molecule has 134 valence electrons. The summed E-state index contributed by atoms with van der Waals surface area (Å²) in [5.41, 5.74) is 3.51. The molecule has 0 radical (unpaired) electrons. The molecule has 2 heterocycles. The lowest BCUT2D eigenvalue weighted by molar-refractivity contribution is 0.0732. The highest BCUT2D eigenvalue weighted by atomic mass is 19.1. The summed E-state index contributed by atoms with van der Waals surface area (Å²) in [6.07, 6.45) is 0.692. The summed E-state index contributed by atoms with van der Waals surface area (Å²) in [5, 5.41) is 0.901. The van der Waals surface area contributed by atoms with E-state index in [9.17, 15) is 9.18 Å². The SMILES string of the molecule is COc1ccc(C(=O)N2CCc3c([nH]c4ccc(F)cc34)C2)cc1OC. The Morgan fingerprint density at radius 2 is 1.92 bits per heavy atom. The van der Waals surface area contributed by atoms with Gasteiger partial charge in [0.15, 0.2) is 11.5 Å². The predicted octanol–water partition coefficient (Wildman–Crippen LogP) is 3.52. The fourth-order valence-corrected chi connectivity index (χ4v) is 3.54. The third-order valence-corrected chi connectivity index (χ3v) is 4.85. The maximum Gasteiger partial charge on any atom is 0.254 e. The van der Waals surface area contributed by atoms with E-state index in [0.29, 0.717) is 36.6 Å². The Balaban J connectivity index is 1.62. The third-order valence-electron chi connectivity index (χ3n) is 4.85. The molecule has 5 nitrogen and oxygen atoms in total. The summed E-state index contributed by atoms with van der Waals surface area (Å²) in [4.78, 5) is 18.0. The van der Waals surface area contributed by atoms with Crippen molar-refractivity contribution in [2.45, 2.75) is 13.0 Å². The van der Waals surface area contributed by atoms with Crippen molar-refractivity contribution in [2.75, 3.05) is 20.8 Å². The number of ether oxygens (including phenoxy) is 2. The number of aromatic amines is 1. The average Bonchev–Trinajstić information content (AvgIpc) is 3.03. The molecule has 3 aromatic rings. The summed E-state index contributed by atoms with van der Waals surface area (Å²) < 4.78 is 24.0. The molecule has 0 unspecified atom stereocenters. The number of rotatable bonds is 3. The van der Waals surface area contributed by atoms with Gasteiger partial charge in [0.1, 0.15) is 5.82 Å². The Bertz CT molecular complexity index is 996. The van der Waals surface area contributed by atoms with Gasteiger partial charge in [0.25, 0.3) is 5.91 Å². The first-order valence-electron chi connectivity index (χ1n) is 8.41. The van der Waals surface area contributed by atoms with Gasteiger partial charge in [-0.3, -0.25) is 4.79 Å². The van der Waals surface area contributed by atoms with Crippen LogP contribution < -0.4 is 9.47 Å². The minimum atomic E-state index is -0.247. The number of aromatic nitrogens is 1. The van der Waals surface area contributed by atoms with Gasteiger partial charge in [-0.2, -0.15) is 0 Å². The molecular weight excluding hydrogens is 335 g/mol. The van der Waals surface area contributed by atoms with Crippen molar-refractivity contribution in [1.82, 2.24) is 9.88 Å². The normalized spacial score (nSPS) is 13.6. The number of methoxy groups -OCH3 is 2. The molecule has 2 aromatic carbocycles. The molecule has 0 spiro atoms. The number of H-pyrrole nitrogens is 1. The summed E-state index contributed by atoms with van der Waals surface area (Å²) in [7, 11) is 3.10. The summed E-state index contributed by atoms with van der Waals surface area (Å²) in [6, 6.07) is 9.89. The molecular formula is C20H19FN2O3. The molecule has 1 aromatic heterocycles. The van der Waals surface area contributed by atoms with Crippen LogP contribution in [-0.2, 0) is 13.0 Å². The van der Waals surface area contributed by atoms with Crippen molar-refractivity contribution in [3.8, 4) is 11.5 Å². The summed E-state index contributed by atoms with van der Waals surface area (Å²) in [5.74, 6) is 0.796. The summed E-state index contributed by atoms with van der Waals surface area (Å²) >= 11 is 0. The van der Waals surface area contributed by atoms with Crippen molar-refractivity contribution >= 4 is 16.8 Å². The van der Waals surface area contributed by atoms with Gasteiger partial charge in [0.05, 0.1) is 20.8 Å². The first-order valence-corrected chi connectivity index (χ1v) is 8.41. The lowest BCUT2D eigenvalue weighted by Gasteiger charge is -2.27. The van der Waals surface area contributed by atoms with Gasteiger partial charge < -0.3 is 19.4 Å². The van der Waals surface area contributed by atoms with Gasteiger partial charge in [-0.15, -0.1) is 0 Å². The van der Waals surface area contributed by atoms with Crippen molar-refractivity contribution in [3.63, 3.8) is 0 Å². The van der Waals surface area contributed by atoms with E-state index in [0.717, 1.165) is 22.2 Å². The maximum absolute atomic E-state index is 13.5. The van der Waals surface area contributed by atoms with E-state index in [1.54, 1.807) is 49.5 Å². The number of carbonyl (C=O) groups is 1. The van der Waals surface area contributed by atoms with Gasteiger partial charge >= 0.3 is 0 Å². The van der Waals surface area contributed by atoms with E-state index >= 15 is 0 Å². The van der Waals surface area contributed by atoms with E-state index in [1.807, 2.05) is 0 Å². The molecule has 0 atom stereocenters. The van der Waals surface area contributed by atoms with Crippen LogP contribution >= 0.6 is 0 Å². The number of hydrogen-bond acceptors (Lipinski definition) is 3. The van der Waals surface area contributed by atoms with Crippen LogP contribution in [0.5, 0.6) is 11.5 Å². The molecule has 0 saturated heterocycles. The standard InChI is InChI=1S/C20H19FN2O3/c1-25-18-6-3-12(9-19(18)26-2)20(24)23-8-7-14-15-10-13(21)4-5-16(15)22-17(14)11-23/h3-6,9-10,22H,7-8,11H2,1-2H3. The van der Waals surface area contributed by atoms with Crippen molar-refractivity contribution in [1.29, 1.82) is 0 Å². The maximum atomic E-state index is 13.5. The lowest BCUT2D eigenvalue weighted by Crippen LogP contribution is -2.35. The van der Waals surface area contributed by atoms with E-state index in [1.165, 1.54) is 6.07 Å². The average molecular weight is 354 g/mol. The lowest BCUT2D eigenvalue weighted by atomic mass is 10.0. The highest BCUT2D eigenvalue weighted by Gasteiger charge is 2.25. The van der Waals surface area contributed by atoms with Crippen LogP contribution in [0.25, 0.3) is 10.9 Å². The molecule has 0 fully saturated rings. The molecule has 1 amide bonds. The van der Waals surface area contributed by atoms with Crippen LogP contribution in [0.3, 0.4) is 0 Å². The Morgan fingerprint density at radius 1 is 1.12 bits per heavy atom. The Labute approximate surface area is 150 Å². The number of amides is 1. The fourth-order valence-electron chi connectivity index (χ4n) is 3.54. The van der Waals surface area contributed by atoms with Crippen LogP contribution in [0.2, 0.25) is 0 Å². The van der Waals surface area contributed by atoms with Gasteiger partial charge in [-0.05, 0) is 48.4 Å². The highest BCUT2D eigenvalue weighted by Crippen LogP contribution is 2.31. The molecule has 6 heteroatoms. The largest absolute Gasteiger partial charge is 0.493 e. The van der Waals surface area contributed by atoms with Crippen molar-refractivity contribution in [3.05, 3.63) is 59.0 Å². The molecule has 26 heavy (non-hydrogen) atoms. The number of nitrogens with one attached hydrogen (secondary N) is 1. The van der Waals surface area contributed by atoms with Crippen molar-refractivity contribution < 1.29 is 18.7 Å². The van der Waals surface area contributed by atoms with Crippen LogP contribution in [0, 0.1) is 5.82 Å². The number of nitrogens with zero attached hydrogens (tertiary/aromatic N) is 1. The first kappa shape index (κ1) is 16.4. The second kappa shape index (κ2) is 6.37. The number of benzene rings is 2.